The van der Waals surface area contributed by atoms with E-state index in [1.165, 1.54) is 6.20 Å². The highest BCUT2D eigenvalue weighted by Crippen LogP contribution is 2.20. The van der Waals surface area contributed by atoms with Crippen LogP contribution in [0.15, 0.2) is 21.7 Å². The highest BCUT2D eigenvalue weighted by molar-refractivity contribution is 9.10. The molecule has 7 heteroatoms. The average molecular weight is 300 g/mol. The number of esters is 1. The second-order valence-electron chi connectivity index (χ2n) is 3.36. The molecule has 0 aliphatic rings. The van der Waals surface area contributed by atoms with Gasteiger partial charge < -0.3 is 9.30 Å². The van der Waals surface area contributed by atoms with Crippen molar-refractivity contribution in [3.8, 4) is 0 Å². The molecule has 6 nitrogen and oxygen atoms in total. The normalized spacial score (nSPS) is 10.7. The first kappa shape index (κ1) is 11.8. The molecule has 0 radical (unpaired) electrons. The van der Waals surface area contributed by atoms with E-state index in [2.05, 4.69) is 26.1 Å². The number of ether oxygens (including phenoxy) is 1. The Morgan fingerprint density at radius 3 is 3.12 bits per heavy atom. The quantitative estimate of drug-likeness (QED) is 0.860. The van der Waals surface area contributed by atoms with Crippen LogP contribution in [-0.2, 0) is 16.1 Å². The largest absolute Gasteiger partial charge is 0.465 e. The second kappa shape index (κ2) is 4.70. The molecule has 0 aliphatic carbocycles. The number of carbonyl (C=O) groups excluding carboxylic acids is 1. The summed E-state index contributed by atoms with van der Waals surface area (Å²) in [6.07, 6.45) is 1.50. The second-order valence-corrected chi connectivity index (χ2v) is 4.17. The number of fused-ring (bicyclic) bond motifs is 1. The molecule has 0 spiro atoms. The number of aromatic nitrogens is 3. The van der Waals surface area contributed by atoms with Crippen LogP contribution in [-0.4, -0.2) is 27.3 Å². The Balaban J connectivity index is 2.47. The van der Waals surface area contributed by atoms with Crippen molar-refractivity contribution in [1.82, 2.24) is 14.8 Å². The van der Waals surface area contributed by atoms with Crippen molar-refractivity contribution in [3.05, 3.63) is 27.2 Å². The molecule has 90 valence electrons. The SMILES string of the molecule is CCOC(=O)Cn1c(Br)cc2c(=O)[nH]ncc21. The van der Waals surface area contributed by atoms with Crippen LogP contribution < -0.4 is 5.56 Å². The molecule has 2 rings (SSSR count). The lowest BCUT2D eigenvalue weighted by atomic mass is 10.4. The fourth-order valence-electron chi connectivity index (χ4n) is 1.56. The van der Waals surface area contributed by atoms with Crippen molar-refractivity contribution in [2.75, 3.05) is 6.61 Å². The molecule has 1 N–H and O–H groups in total. The van der Waals surface area contributed by atoms with Crippen molar-refractivity contribution in [1.29, 1.82) is 0 Å². The highest BCUT2D eigenvalue weighted by Gasteiger charge is 2.13. The molecule has 0 fully saturated rings. The van der Waals surface area contributed by atoms with Gasteiger partial charge in [0.25, 0.3) is 5.56 Å². The number of carbonyl (C=O) groups is 1. The van der Waals surface area contributed by atoms with E-state index < -0.39 is 0 Å². The van der Waals surface area contributed by atoms with Gasteiger partial charge in [-0.1, -0.05) is 0 Å². The van der Waals surface area contributed by atoms with Crippen molar-refractivity contribution >= 4 is 32.8 Å². The van der Waals surface area contributed by atoms with Crippen LogP contribution in [0.2, 0.25) is 0 Å². The van der Waals surface area contributed by atoms with Gasteiger partial charge in [0.2, 0.25) is 0 Å². The minimum atomic E-state index is -0.356. The van der Waals surface area contributed by atoms with Gasteiger partial charge in [-0.25, -0.2) is 5.10 Å². The van der Waals surface area contributed by atoms with Gasteiger partial charge in [-0.2, -0.15) is 5.10 Å². The Hall–Kier alpha value is -1.63. The zero-order valence-corrected chi connectivity index (χ0v) is 10.7. The molecule has 0 unspecified atom stereocenters. The van der Waals surface area contributed by atoms with Gasteiger partial charge >= 0.3 is 5.97 Å². The summed E-state index contributed by atoms with van der Waals surface area (Å²) >= 11 is 3.30. The molecule has 0 aliphatic heterocycles. The summed E-state index contributed by atoms with van der Waals surface area (Å²) in [5, 5.41) is 6.53. The van der Waals surface area contributed by atoms with Gasteiger partial charge in [0.1, 0.15) is 6.54 Å². The van der Waals surface area contributed by atoms with Gasteiger partial charge in [-0.3, -0.25) is 9.59 Å². The van der Waals surface area contributed by atoms with Crippen molar-refractivity contribution in [2.24, 2.45) is 0 Å². The molecule has 2 aromatic rings. The molecular weight excluding hydrogens is 290 g/mol. The smallest absolute Gasteiger partial charge is 0.325 e. The maximum Gasteiger partial charge on any atom is 0.325 e. The molecule has 0 bridgehead atoms. The number of nitrogens with one attached hydrogen (secondary N) is 1. The predicted octanol–water partition coefficient (Wildman–Crippen LogP) is 1.05. The summed E-state index contributed by atoms with van der Waals surface area (Å²) < 4.78 is 7.13. The Morgan fingerprint density at radius 2 is 2.41 bits per heavy atom. The molecule has 0 saturated carbocycles. The van der Waals surface area contributed by atoms with E-state index in [0.29, 0.717) is 22.1 Å². The van der Waals surface area contributed by atoms with Gasteiger partial charge in [0.15, 0.2) is 0 Å². The minimum absolute atomic E-state index is 0.0447. The topological polar surface area (TPSA) is 77.0 Å². The number of aromatic amines is 1. The number of nitrogens with zero attached hydrogens (tertiary/aromatic N) is 2. The van der Waals surface area contributed by atoms with Gasteiger partial charge in [-0.05, 0) is 28.9 Å². The number of hydrogen-bond acceptors (Lipinski definition) is 4. The third-order valence-corrected chi connectivity index (χ3v) is 2.94. The van der Waals surface area contributed by atoms with Crippen LogP contribution in [0.1, 0.15) is 6.92 Å². The van der Waals surface area contributed by atoms with Crippen LogP contribution in [0.25, 0.3) is 10.9 Å². The fraction of sp³-hybridized carbons (Fsp3) is 0.300. The average Bonchev–Trinajstić information content (AvgIpc) is 2.58. The van der Waals surface area contributed by atoms with Crippen LogP contribution in [0, 0.1) is 0 Å². The van der Waals surface area contributed by atoms with E-state index >= 15 is 0 Å². The lowest BCUT2D eigenvalue weighted by molar-refractivity contribution is -0.143. The minimum Gasteiger partial charge on any atom is -0.465 e. The lowest BCUT2D eigenvalue weighted by Crippen LogP contribution is -2.14. The first-order valence-corrected chi connectivity index (χ1v) is 5.80. The van der Waals surface area contributed by atoms with Crippen molar-refractivity contribution < 1.29 is 9.53 Å². The lowest BCUT2D eigenvalue weighted by Gasteiger charge is -2.05. The third kappa shape index (κ3) is 2.23. The maximum atomic E-state index is 11.5. The van der Waals surface area contributed by atoms with Crippen molar-refractivity contribution in [3.63, 3.8) is 0 Å². The van der Waals surface area contributed by atoms with E-state index in [4.69, 9.17) is 4.74 Å². The van der Waals surface area contributed by atoms with Crippen LogP contribution in [0.5, 0.6) is 0 Å². The summed E-state index contributed by atoms with van der Waals surface area (Å²) in [5.41, 5.74) is 0.305. The highest BCUT2D eigenvalue weighted by atomic mass is 79.9. The molecule has 0 aromatic carbocycles. The number of halogens is 1. The molecule has 2 aromatic heterocycles. The molecular formula is C10H10BrN3O3. The molecule has 17 heavy (non-hydrogen) atoms. The van der Waals surface area contributed by atoms with E-state index in [9.17, 15) is 9.59 Å². The first-order chi connectivity index (χ1) is 8.13. The summed E-state index contributed by atoms with van der Waals surface area (Å²) in [5.74, 6) is -0.356. The summed E-state index contributed by atoms with van der Waals surface area (Å²) in [6, 6.07) is 1.65. The zero-order chi connectivity index (χ0) is 12.4. The maximum absolute atomic E-state index is 11.5. The summed E-state index contributed by atoms with van der Waals surface area (Å²) in [4.78, 5) is 22.9. The first-order valence-electron chi connectivity index (χ1n) is 5.01. The number of hydrogen-bond donors (Lipinski definition) is 1. The molecule has 0 amide bonds. The Kier molecular flexibility index (Phi) is 3.28. The van der Waals surface area contributed by atoms with Gasteiger partial charge in [0.05, 0.1) is 28.3 Å². The number of rotatable bonds is 3. The van der Waals surface area contributed by atoms with Gasteiger partial charge in [0, 0.05) is 0 Å². The summed E-state index contributed by atoms with van der Waals surface area (Å²) in [7, 11) is 0. The fourth-order valence-corrected chi connectivity index (χ4v) is 2.11. The van der Waals surface area contributed by atoms with E-state index in [0.717, 1.165) is 0 Å². The number of H-pyrrole nitrogens is 1. The van der Waals surface area contributed by atoms with Crippen molar-refractivity contribution in [2.45, 2.75) is 13.5 Å². The molecule has 0 saturated heterocycles. The standard InChI is InChI=1S/C10H10BrN3O3/c1-2-17-9(15)5-14-7-4-12-13-10(16)6(7)3-8(14)11/h3-4H,2,5H2,1H3,(H,13,16). The Labute approximate surface area is 105 Å². The molecule has 0 atom stereocenters. The Morgan fingerprint density at radius 1 is 1.65 bits per heavy atom. The predicted molar refractivity (Wildman–Crippen MR) is 64.7 cm³/mol. The Bertz CT molecular complexity index is 617. The van der Waals surface area contributed by atoms with Crippen LogP contribution in [0.3, 0.4) is 0 Å². The van der Waals surface area contributed by atoms with Crippen LogP contribution >= 0.6 is 15.9 Å². The van der Waals surface area contributed by atoms with E-state index in [1.807, 2.05) is 0 Å². The molecule has 2 heterocycles. The third-order valence-electron chi connectivity index (χ3n) is 2.28. The monoisotopic (exact) mass is 299 g/mol. The van der Waals surface area contributed by atoms with Gasteiger partial charge in [-0.15, -0.1) is 0 Å². The van der Waals surface area contributed by atoms with E-state index in [-0.39, 0.29) is 18.1 Å². The van der Waals surface area contributed by atoms with Crippen LogP contribution in [0.4, 0.5) is 0 Å². The zero-order valence-electron chi connectivity index (χ0n) is 9.07. The van der Waals surface area contributed by atoms with E-state index in [1.54, 1.807) is 17.6 Å². The summed E-state index contributed by atoms with van der Waals surface area (Å²) in [6.45, 7) is 2.12.